The Bertz CT molecular complexity index is 1480. The molecule has 1 aliphatic heterocycles. The van der Waals surface area contributed by atoms with Crippen molar-refractivity contribution in [2.24, 2.45) is 11.1 Å². The summed E-state index contributed by atoms with van der Waals surface area (Å²) in [7, 11) is -0.689. The van der Waals surface area contributed by atoms with E-state index in [4.69, 9.17) is 19.6 Å². The maximum atomic E-state index is 14.2. The second-order valence-electron chi connectivity index (χ2n) is 15.6. The Hall–Kier alpha value is -2.88. The first kappa shape index (κ1) is 44.3. The number of aromatic nitrogens is 1. The third-order valence-electron chi connectivity index (χ3n) is 9.55. The van der Waals surface area contributed by atoms with Crippen molar-refractivity contribution in [3.8, 4) is 10.4 Å². The molecule has 15 heteroatoms. The lowest BCUT2D eigenvalue weighted by molar-refractivity contribution is -0.146. The van der Waals surface area contributed by atoms with Gasteiger partial charge in [-0.2, -0.15) is 0 Å². The van der Waals surface area contributed by atoms with Gasteiger partial charge in [-0.1, -0.05) is 65.8 Å². The first-order chi connectivity index (χ1) is 23.2. The van der Waals surface area contributed by atoms with Crippen LogP contribution in [0.15, 0.2) is 29.8 Å². The number of ether oxygens (including phenoxy) is 2. The number of carbonyl (C=O) groups is 4. The molecule has 3 rings (SSSR count). The Balaban J connectivity index is 0.00000901. The predicted molar refractivity (Wildman–Crippen MR) is 205 cm³/mol. The number of halogens is 1. The van der Waals surface area contributed by atoms with Crippen LogP contribution in [0.1, 0.15) is 78.1 Å². The molecule has 4 atom stereocenters. The normalized spacial score (nSPS) is 17.7. The SMILES string of the molecule is COCCNC(=O)CCC(=O)OC[C@H](NC(=O)[C@@H]1C[C@@H](O[Si](C)(C)C(C)(C)C)CN1C(=O)[C@@H](N)C(C)(C)C)c1ccc(-c2scnc2C)cc1.Cl. The van der Waals surface area contributed by atoms with E-state index in [1.165, 1.54) is 18.4 Å². The summed E-state index contributed by atoms with van der Waals surface area (Å²) in [5.41, 5.74) is 10.3. The van der Waals surface area contributed by atoms with Gasteiger partial charge < -0.3 is 35.2 Å². The number of esters is 1. The van der Waals surface area contributed by atoms with Gasteiger partial charge in [0.2, 0.25) is 17.7 Å². The Morgan fingerprint density at radius 3 is 2.27 bits per heavy atom. The van der Waals surface area contributed by atoms with Crippen molar-refractivity contribution in [2.75, 3.05) is 33.4 Å². The van der Waals surface area contributed by atoms with E-state index in [2.05, 4.69) is 49.5 Å². The van der Waals surface area contributed by atoms with Gasteiger partial charge >= 0.3 is 5.97 Å². The largest absolute Gasteiger partial charge is 0.463 e. The summed E-state index contributed by atoms with van der Waals surface area (Å²) in [6.07, 6.45) is -0.179. The first-order valence-corrected chi connectivity index (χ1v) is 21.0. The molecule has 12 nitrogen and oxygen atoms in total. The first-order valence-electron chi connectivity index (χ1n) is 17.2. The summed E-state index contributed by atoms with van der Waals surface area (Å²) in [6.45, 7) is 19.2. The van der Waals surface area contributed by atoms with Crippen LogP contribution in [0.2, 0.25) is 18.1 Å². The van der Waals surface area contributed by atoms with Crippen molar-refractivity contribution < 1.29 is 33.1 Å². The quantitative estimate of drug-likeness (QED) is 0.127. The number of benzene rings is 1. The number of rotatable bonds is 15. The molecule has 0 saturated carbocycles. The Morgan fingerprint density at radius 1 is 1.08 bits per heavy atom. The molecule has 0 spiro atoms. The van der Waals surface area contributed by atoms with E-state index in [9.17, 15) is 19.2 Å². The van der Waals surface area contributed by atoms with Gasteiger partial charge in [-0.25, -0.2) is 4.98 Å². The van der Waals surface area contributed by atoms with Crippen LogP contribution in [0.25, 0.3) is 10.4 Å². The van der Waals surface area contributed by atoms with Crippen LogP contribution < -0.4 is 16.4 Å². The van der Waals surface area contributed by atoms with E-state index in [-0.39, 0.29) is 67.3 Å². The zero-order chi connectivity index (χ0) is 37.4. The summed E-state index contributed by atoms with van der Waals surface area (Å²) in [4.78, 5) is 59.8. The molecule has 4 N–H and O–H groups in total. The average molecular weight is 768 g/mol. The molecule has 51 heavy (non-hydrogen) atoms. The number of likely N-dealkylation sites (tertiary alicyclic amines) is 1. The van der Waals surface area contributed by atoms with Crippen LogP contribution in [-0.2, 0) is 33.1 Å². The van der Waals surface area contributed by atoms with Crippen LogP contribution in [-0.4, -0.2) is 93.5 Å². The molecule has 1 fully saturated rings. The Kier molecular flexibility index (Phi) is 16.3. The van der Waals surface area contributed by atoms with E-state index in [1.54, 1.807) is 10.4 Å². The van der Waals surface area contributed by atoms with E-state index < -0.39 is 37.8 Å². The Labute approximate surface area is 314 Å². The van der Waals surface area contributed by atoms with Crippen LogP contribution >= 0.6 is 23.7 Å². The summed E-state index contributed by atoms with van der Waals surface area (Å²) >= 11 is 1.54. The molecule has 1 saturated heterocycles. The highest BCUT2D eigenvalue weighted by molar-refractivity contribution is 7.13. The minimum atomic E-state index is -2.23. The van der Waals surface area contributed by atoms with Crippen molar-refractivity contribution in [2.45, 2.75) is 110 Å². The summed E-state index contributed by atoms with van der Waals surface area (Å²) in [6, 6.07) is 5.26. The standard InChI is InChI=1S/C36H57N5O7SSi.ClH/c1-23-31(49-22-39-23)25-13-11-24(12-14-25)27(21-47-30(43)16-15-29(42)38-17-18-46-8)40-33(44)28-19-26(48-50(9,10)36(5,6)7)20-41(28)34(45)32(37)35(2,3)4;/h11-14,22,26-28,32H,15-21,37H2,1-10H3,(H,38,42)(H,40,44);1H/t26-,27+,28+,32-;/m1./s1. The van der Waals surface area contributed by atoms with E-state index in [1.807, 2.05) is 52.0 Å². The van der Waals surface area contributed by atoms with Crippen LogP contribution in [0.3, 0.4) is 0 Å². The highest BCUT2D eigenvalue weighted by Crippen LogP contribution is 2.39. The number of carbonyl (C=O) groups excluding carboxylic acids is 4. The van der Waals surface area contributed by atoms with Crippen LogP contribution in [0, 0.1) is 12.3 Å². The maximum Gasteiger partial charge on any atom is 0.306 e. The topological polar surface area (TPSA) is 162 Å². The highest BCUT2D eigenvalue weighted by atomic mass is 35.5. The van der Waals surface area contributed by atoms with E-state index in [0.29, 0.717) is 25.1 Å². The number of hydrogen-bond donors (Lipinski definition) is 3. The molecular weight excluding hydrogens is 710 g/mol. The van der Waals surface area contributed by atoms with Gasteiger partial charge in [0.15, 0.2) is 8.32 Å². The number of nitrogens with one attached hydrogen (secondary N) is 2. The third-order valence-corrected chi connectivity index (χ3v) is 15.1. The van der Waals surface area contributed by atoms with E-state index >= 15 is 0 Å². The van der Waals surface area contributed by atoms with Gasteiger partial charge in [0, 0.05) is 33.0 Å². The maximum absolute atomic E-state index is 14.2. The number of thiazole rings is 1. The van der Waals surface area contributed by atoms with Gasteiger partial charge in [-0.3, -0.25) is 19.2 Å². The molecule has 0 bridgehead atoms. The molecule has 286 valence electrons. The Morgan fingerprint density at radius 2 is 1.73 bits per heavy atom. The third kappa shape index (κ3) is 12.4. The second kappa shape index (κ2) is 18.7. The van der Waals surface area contributed by atoms with Crippen molar-refractivity contribution >= 4 is 55.8 Å². The minimum absolute atomic E-state index is 0. The second-order valence-corrected chi connectivity index (χ2v) is 21.2. The molecular formula is C36H58ClN5O7SSi. The molecule has 2 aromatic rings. The van der Waals surface area contributed by atoms with E-state index in [0.717, 1.165) is 16.1 Å². The smallest absolute Gasteiger partial charge is 0.306 e. The van der Waals surface area contributed by atoms with Crippen molar-refractivity contribution in [1.29, 1.82) is 0 Å². The van der Waals surface area contributed by atoms with Crippen molar-refractivity contribution in [3.63, 3.8) is 0 Å². The fraction of sp³-hybridized carbons (Fsp3) is 0.639. The number of hydrogen-bond acceptors (Lipinski definition) is 10. The molecule has 2 heterocycles. The van der Waals surface area contributed by atoms with Crippen molar-refractivity contribution in [3.05, 3.63) is 41.0 Å². The average Bonchev–Trinajstić information content (AvgIpc) is 3.66. The molecule has 0 unspecified atom stereocenters. The minimum Gasteiger partial charge on any atom is -0.463 e. The monoisotopic (exact) mass is 767 g/mol. The number of amides is 3. The number of methoxy groups -OCH3 is 1. The molecule has 1 aromatic heterocycles. The predicted octanol–water partition coefficient (Wildman–Crippen LogP) is 5.15. The lowest BCUT2D eigenvalue weighted by atomic mass is 9.86. The fourth-order valence-electron chi connectivity index (χ4n) is 5.30. The molecule has 1 aromatic carbocycles. The van der Waals surface area contributed by atoms with Gasteiger partial charge in [0.25, 0.3) is 0 Å². The van der Waals surface area contributed by atoms with Gasteiger partial charge in [-0.05, 0) is 41.6 Å². The highest BCUT2D eigenvalue weighted by Gasteiger charge is 2.47. The van der Waals surface area contributed by atoms with Crippen LogP contribution in [0.5, 0.6) is 0 Å². The van der Waals surface area contributed by atoms with Crippen molar-refractivity contribution in [1.82, 2.24) is 20.5 Å². The number of nitrogens with two attached hydrogens (primary N) is 1. The number of aryl methyl sites for hydroxylation is 1. The molecule has 3 amide bonds. The van der Waals surface area contributed by atoms with Crippen LogP contribution in [0.4, 0.5) is 0 Å². The number of nitrogens with zero attached hydrogens (tertiary/aromatic N) is 2. The lowest BCUT2D eigenvalue weighted by Crippen LogP contribution is -2.55. The zero-order valence-electron chi connectivity index (χ0n) is 31.8. The van der Waals surface area contributed by atoms with Gasteiger partial charge in [-0.15, -0.1) is 23.7 Å². The fourth-order valence-corrected chi connectivity index (χ4v) is 7.47. The lowest BCUT2D eigenvalue weighted by Gasteiger charge is -2.38. The molecule has 1 aliphatic rings. The zero-order valence-corrected chi connectivity index (χ0v) is 34.4. The molecule has 0 aliphatic carbocycles. The van der Waals surface area contributed by atoms with Gasteiger partial charge in [0.1, 0.15) is 12.6 Å². The summed E-state index contributed by atoms with van der Waals surface area (Å²) < 4.78 is 17.3. The summed E-state index contributed by atoms with van der Waals surface area (Å²) in [5, 5.41) is 5.69. The van der Waals surface area contributed by atoms with Gasteiger partial charge in [0.05, 0.1) is 47.3 Å². The summed E-state index contributed by atoms with van der Waals surface area (Å²) in [5.74, 6) is -1.55. The molecule has 0 radical (unpaired) electrons.